The number of carbonyl (C=O) groups is 1. The first kappa shape index (κ1) is 12.2. The minimum absolute atomic E-state index is 0.145. The lowest BCUT2D eigenvalue weighted by molar-refractivity contribution is -0.117. The van der Waals surface area contributed by atoms with Gasteiger partial charge in [-0.05, 0) is 18.2 Å². The number of benzene rings is 1. The molecule has 3 rings (SSSR count). The maximum absolute atomic E-state index is 11.9. The number of amides is 1. The minimum atomic E-state index is -0.343. The molecule has 0 spiro atoms. The highest BCUT2D eigenvalue weighted by atomic mass is 16.7. The predicted molar refractivity (Wildman–Crippen MR) is 69.7 cm³/mol. The van der Waals surface area contributed by atoms with E-state index in [2.05, 4.69) is 10.4 Å². The number of hydrogen-bond donors (Lipinski definition) is 1. The fourth-order valence-corrected chi connectivity index (χ4v) is 1.82. The largest absolute Gasteiger partial charge is 0.454 e. The van der Waals surface area contributed by atoms with Crippen molar-refractivity contribution in [1.82, 2.24) is 9.78 Å². The molecule has 0 saturated heterocycles. The van der Waals surface area contributed by atoms with Crippen LogP contribution in [0.15, 0.2) is 41.3 Å². The summed E-state index contributed by atoms with van der Waals surface area (Å²) in [6.07, 6.45) is 1.45. The summed E-state index contributed by atoms with van der Waals surface area (Å²) in [6, 6.07) is 7.95. The lowest BCUT2D eigenvalue weighted by atomic mass is 10.3. The second-order valence-corrected chi connectivity index (χ2v) is 4.14. The smallest absolute Gasteiger partial charge is 0.267 e. The van der Waals surface area contributed by atoms with Crippen LogP contribution in [0.5, 0.6) is 11.5 Å². The van der Waals surface area contributed by atoms with E-state index in [0.29, 0.717) is 17.2 Å². The third-order valence-electron chi connectivity index (χ3n) is 2.74. The molecule has 0 radical (unpaired) electrons. The molecular formula is C13H11N3O4. The zero-order valence-corrected chi connectivity index (χ0v) is 10.4. The minimum Gasteiger partial charge on any atom is -0.454 e. The van der Waals surface area contributed by atoms with Crippen molar-refractivity contribution < 1.29 is 14.3 Å². The molecular weight excluding hydrogens is 262 g/mol. The Hall–Kier alpha value is -2.83. The molecule has 20 heavy (non-hydrogen) atoms. The molecule has 0 aliphatic carbocycles. The van der Waals surface area contributed by atoms with Crippen LogP contribution in [-0.2, 0) is 11.3 Å². The van der Waals surface area contributed by atoms with E-state index in [0.717, 1.165) is 4.68 Å². The van der Waals surface area contributed by atoms with Crippen LogP contribution in [0.25, 0.3) is 0 Å². The Balaban J connectivity index is 1.70. The van der Waals surface area contributed by atoms with Gasteiger partial charge in [-0.25, -0.2) is 4.68 Å². The van der Waals surface area contributed by atoms with Gasteiger partial charge in [0.25, 0.3) is 5.56 Å². The summed E-state index contributed by atoms with van der Waals surface area (Å²) in [5.74, 6) is 0.881. The van der Waals surface area contributed by atoms with Gasteiger partial charge in [-0.15, -0.1) is 0 Å². The zero-order valence-electron chi connectivity index (χ0n) is 10.4. The Bertz CT molecular complexity index is 711. The quantitative estimate of drug-likeness (QED) is 0.886. The lowest BCUT2D eigenvalue weighted by Crippen LogP contribution is -2.28. The monoisotopic (exact) mass is 273 g/mol. The molecule has 1 aliphatic heterocycles. The second kappa shape index (κ2) is 5.04. The van der Waals surface area contributed by atoms with E-state index in [4.69, 9.17) is 9.47 Å². The predicted octanol–water partition coefficient (Wildman–Crippen LogP) is 0.611. The van der Waals surface area contributed by atoms with Crippen LogP contribution in [0.3, 0.4) is 0 Å². The molecule has 2 aromatic rings. The van der Waals surface area contributed by atoms with Crippen LogP contribution < -0.4 is 20.3 Å². The van der Waals surface area contributed by atoms with Gasteiger partial charge in [-0.2, -0.15) is 5.10 Å². The fourth-order valence-electron chi connectivity index (χ4n) is 1.82. The SMILES string of the molecule is O=C(Cn1ncccc1=O)Nc1ccc2c(c1)OCO2. The van der Waals surface area contributed by atoms with E-state index in [1.165, 1.54) is 18.3 Å². The van der Waals surface area contributed by atoms with E-state index < -0.39 is 0 Å². The van der Waals surface area contributed by atoms with Gasteiger partial charge in [0.1, 0.15) is 6.54 Å². The fraction of sp³-hybridized carbons (Fsp3) is 0.154. The van der Waals surface area contributed by atoms with Crippen molar-refractivity contribution in [2.45, 2.75) is 6.54 Å². The first-order chi connectivity index (χ1) is 9.72. The van der Waals surface area contributed by atoms with E-state index >= 15 is 0 Å². The number of nitrogens with zero attached hydrogens (tertiary/aromatic N) is 2. The Kier molecular flexibility index (Phi) is 3.08. The number of carbonyl (C=O) groups excluding carboxylic acids is 1. The maximum atomic E-state index is 11.9. The van der Waals surface area contributed by atoms with Crippen LogP contribution >= 0.6 is 0 Å². The number of hydrogen-bond acceptors (Lipinski definition) is 5. The molecule has 1 aromatic carbocycles. The molecule has 0 fully saturated rings. The maximum Gasteiger partial charge on any atom is 0.267 e. The van der Waals surface area contributed by atoms with Crippen molar-refractivity contribution in [1.29, 1.82) is 0 Å². The summed E-state index contributed by atoms with van der Waals surface area (Å²) in [7, 11) is 0. The number of anilines is 1. The molecule has 0 saturated carbocycles. The Morgan fingerprint density at radius 2 is 2.15 bits per heavy atom. The normalized spacial score (nSPS) is 12.2. The van der Waals surface area contributed by atoms with Crippen molar-refractivity contribution in [2.24, 2.45) is 0 Å². The van der Waals surface area contributed by atoms with E-state index in [1.807, 2.05) is 0 Å². The van der Waals surface area contributed by atoms with Gasteiger partial charge in [0, 0.05) is 24.0 Å². The average Bonchev–Trinajstić information content (AvgIpc) is 2.89. The molecule has 1 aliphatic rings. The van der Waals surface area contributed by atoms with Crippen LogP contribution in [0.1, 0.15) is 0 Å². The second-order valence-electron chi connectivity index (χ2n) is 4.14. The first-order valence-electron chi connectivity index (χ1n) is 5.94. The van der Waals surface area contributed by atoms with Crippen LogP contribution in [0, 0.1) is 0 Å². The highest BCUT2D eigenvalue weighted by molar-refractivity contribution is 5.90. The number of ether oxygens (including phenoxy) is 2. The molecule has 0 unspecified atom stereocenters. The third-order valence-corrected chi connectivity index (χ3v) is 2.74. The lowest BCUT2D eigenvalue weighted by Gasteiger charge is -2.06. The summed E-state index contributed by atoms with van der Waals surface area (Å²) in [6.45, 7) is 0.0319. The van der Waals surface area contributed by atoms with Gasteiger partial charge >= 0.3 is 0 Å². The van der Waals surface area contributed by atoms with Gasteiger partial charge in [-0.3, -0.25) is 9.59 Å². The van der Waals surface area contributed by atoms with Gasteiger partial charge in [-0.1, -0.05) is 0 Å². The van der Waals surface area contributed by atoms with Crippen LogP contribution in [-0.4, -0.2) is 22.5 Å². The van der Waals surface area contributed by atoms with Crippen molar-refractivity contribution >= 4 is 11.6 Å². The summed E-state index contributed by atoms with van der Waals surface area (Å²) in [5, 5.41) is 6.49. The van der Waals surface area contributed by atoms with Crippen molar-refractivity contribution in [3.05, 3.63) is 46.9 Å². The molecule has 0 atom stereocenters. The van der Waals surface area contributed by atoms with Gasteiger partial charge in [0.15, 0.2) is 11.5 Å². The van der Waals surface area contributed by atoms with Crippen LogP contribution in [0.2, 0.25) is 0 Å². The van der Waals surface area contributed by atoms with E-state index in [1.54, 1.807) is 18.2 Å². The third kappa shape index (κ3) is 2.46. The first-order valence-corrected chi connectivity index (χ1v) is 5.94. The summed E-state index contributed by atoms with van der Waals surface area (Å²) < 4.78 is 11.5. The molecule has 1 amide bonds. The molecule has 7 nitrogen and oxygen atoms in total. The standard InChI is InChI=1S/C13H11N3O4/c17-12(7-16-13(18)2-1-5-14-16)15-9-3-4-10-11(6-9)20-8-19-10/h1-6H,7-8H2,(H,15,17). The molecule has 1 N–H and O–H groups in total. The van der Waals surface area contributed by atoms with Gasteiger partial charge < -0.3 is 14.8 Å². The number of rotatable bonds is 3. The topological polar surface area (TPSA) is 82.5 Å². The van der Waals surface area contributed by atoms with Crippen molar-refractivity contribution in [3.8, 4) is 11.5 Å². The Morgan fingerprint density at radius 1 is 1.30 bits per heavy atom. The van der Waals surface area contributed by atoms with Gasteiger partial charge in [0.05, 0.1) is 0 Å². The number of aromatic nitrogens is 2. The van der Waals surface area contributed by atoms with Crippen molar-refractivity contribution in [3.63, 3.8) is 0 Å². The van der Waals surface area contributed by atoms with Crippen LogP contribution in [0.4, 0.5) is 5.69 Å². The molecule has 0 bridgehead atoms. The van der Waals surface area contributed by atoms with Gasteiger partial charge in [0.2, 0.25) is 12.7 Å². The highest BCUT2D eigenvalue weighted by Crippen LogP contribution is 2.34. The molecule has 7 heteroatoms. The Morgan fingerprint density at radius 3 is 3.00 bits per heavy atom. The number of fused-ring (bicyclic) bond motifs is 1. The summed E-state index contributed by atoms with van der Waals surface area (Å²) in [4.78, 5) is 23.3. The number of nitrogens with one attached hydrogen (secondary N) is 1. The molecule has 2 heterocycles. The summed E-state index contributed by atoms with van der Waals surface area (Å²) in [5.41, 5.74) is 0.247. The highest BCUT2D eigenvalue weighted by Gasteiger charge is 2.14. The average molecular weight is 273 g/mol. The molecule has 102 valence electrons. The Labute approximate surface area is 113 Å². The van der Waals surface area contributed by atoms with E-state index in [9.17, 15) is 9.59 Å². The van der Waals surface area contributed by atoms with E-state index in [-0.39, 0.29) is 24.8 Å². The zero-order chi connectivity index (χ0) is 13.9. The molecule has 1 aromatic heterocycles. The summed E-state index contributed by atoms with van der Waals surface area (Å²) >= 11 is 0. The van der Waals surface area contributed by atoms with Crippen molar-refractivity contribution in [2.75, 3.05) is 12.1 Å².